The number of tetrazole rings is 1. The molecule has 1 rings (SSSR count). The molecule has 1 heterocycles. The second-order valence-electron chi connectivity index (χ2n) is 3.63. The molecule has 16 heavy (non-hydrogen) atoms. The first-order chi connectivity index (χ1) is 7.50. The maximum absolute atomic E-state index is 11.4. The largest absolute Gasteiger partial charge is 0.480 e. The van der Waals surface area contributed by atoms with Gasteiger partial charge in [0, 0.05) is 0 Å². The van der Waals surface area contributed by atoms with E-state index in [4.69, 9.17) is 5.11 Å². The molecular formula is C8H13N5O3. The predicted molar refractivity (Wildman–Crippen MR) is 52.2 cm³/mol. The van der Waals surface area contributed by atoms with E-state index in [0.717, 1.165) is 0 Å². The van der Waals surface area contributed by atoms with E-state index in [-0.39, 0.29) is 12.5 Å². The molecule has 0 spiro atoms. The minimum Gasteiger partial charge on any atom is -0.480 e. The van der Waals surface area contributed by atoms with Gasteiger partial charge in [0.15, 0.2) is 0 Å². The molecule has 0 radical (unpaired) electrons. The minimum absolute atomic E-state index is 0.0938. The van der Waals surface area contributed by atoms with Crippen LogP contribution in [0.15, 0.2) is 6.33 Å². The molecule has 1 atom stereocenters. The van der Waals surface area contributed by atoms with Crippen LogP contribution in [-0.4, -0.2) is 43.2 Å². The quantitative estimate of drug-likeness (QED) is 0.660. The van der Waals surface area contributed by atoms with Crippen molar-refractivity contribution in [1.29, 1.82) is 0 Å². The lowest BCUT2D eigenvalue weighted by atomic mass is 10.1. The van der Waals surface area contributed by atoms with Gasteiger partial charge in [0.05, 0.1) is 0 Å². The molecule has 1 aromatic rings. The van der Waals surface area contributed by atoms with Crippen molar-refractivity contribution >= 4 is 11.9 Å². The molecule has 0 aliphatic heterocycles. The van der Waals surface area contributed by atoms with E-state index in [1.807, 2.05) is 0 Å². The first kappa shape index (κ1) is 12.1. The zero-order valence-corrected chi connectivity index (χ0v) is 8.99. The van der Waals surface area contributed by atoms with Gasteiger partial charge < -0.3 is 10.4 Å². The summed E-state index contributed by atoms with van der Waals surface area (Å²) in [7, 11) is 0. The van der Waals surface area contributed by atoms with Crippen LogP contribution in [0.5, 0.6) is 0 Å². The van der Waals surface area contributed by atoms with E-state index >= 15 is 0 Å². The minimum atomic E-state index is -1.06. The predicted octanol–water partition coefficient (Wildman–Crippen LogP) is -1.10. The van der Waals surface area contributed by atoms with E-state index in [2.05, 4.69) is 20.8 Å². The smallest absolute Gasteiger partial charge is 0.326 e. The zero-order chi connectivity index (χ0) is 12.1. The van der Waals surface area contributed by atoms with Crippen molar-refractivity contribution in [3.05, 3.63) is 6.33 Å². The molecule has 88 valence electrons. The summed E-state index contributed by atoms with van der Waals surface area (Å²) >= 11 is 0. The summed E-state index contributed by atoms with van der Waals surface area (Å²) in [5, 5.41) is 21.5. The van der Waals surface area contributed by atoms with Gasteiger partial charge >= 0.3 is 5.97 Å². The lowest BCUT2D eigenvalue weighted by molar-refractivity contribution is -0.143. The van der Waals surface area contributed by atoms with Crippen LogP contribution in [0.2, 0.25) is 0 Å². The summed E-state index contributed by atoms with van der Waals surface area (Å²) in [6.45, 7) is 3.34. The van der Waals surface area contributed by atoms with E-state index in [1.165, 1.54) is 11.0 Å². The zero-order valence-electron chi connectivity index (χ0n) is 8.99. The van der Waals surface area contributed by atoms with Crippen molar-refractivity contribution in [1.82, 2.24) is 25.5 Å². The normalized spacial score (nSPS) is 12.4. The molecule has 0 saturated carbocycles. The van der Waals surface area contributed by atoms with Crippen molar-refractivity contribution in [2.75, 3.05) is 0 Å². The third kappa shape index (κ3) is 3.30. The molecule has 0 aliphatic rings. The summed E-state index contributed by atoms with van der Waals surface area (Å²) in [5.74, 6) is -1.68. The lowest BCUT2D eigenvalue weighted by Gasteiger charge is -2.17. The van der Waals surface area contributed by atoms with Gasteiger partial charge in [-0.05, 0) is 16.3 Å². The number of carboxylic acid groups (broad SMARTS) is 1. The SMILES string of the molecule is CC(C)[C@H](NC(=O)Cn1cnnn1)C(=O)O. The number of aliphatic carboxylic acids is 1. The molecule has 0 unspecified atom stereocenters. The monoisotopic (exact) mass is 227 g/mol. The fourth-order valence-corrected chi connectivity index (χ4v) is 1.13. The fourth-order valence-electron chi connectivity index (χ4n) is 1.13. The Hall–Kier alpha value is -1.99. The van der Waals surface area contributed by atoms with Gasteiger partial charge in [-0.2, -0.15) is 0 Å². The highest BCUT2D eigenvalue weighted by Crippen LogP contribution is 2.01. The first-order valence-corrected chi connectivity index (χ1v) is 4.73. The van der Waals surface area contributed by atoms with E-state index in [1.54, 1.807) is 13.8 Å². The van der Waals surface area contributed by atoms with Crippen LogP contribution in [-0.2, 0) is 16.1 Å². The summed E-state index contributed by atoms with van der Waals surface area (Å²) in [6.07, 6.45) is 1.28. The first-order valence-electron chi connectivity index (χ1n) is 4.73. The maximum Gasteiger partial charge on any atom is 0.326 e. The van der Waals surface area contributed by atoms with Crippen LogP contribution in [0.1, 0.15) is 13.8 Å². The summed E-state index contributed by atoms with van der Waals surface area (Å²) < 4.78 is 1.22. The van der Waals surface area contributed by atoms with Gasteiger partial charge in [0.2, 0.25) is 5.91 Å². The van der Waals surface area contributed by atoms with Crippen LogP contribution in [0.3, 0.4) is 0 Å². The molecule has 0 aliphatic carbocycles. The Bertz CT molecular complexity index is 362. The highest BCUT2D eigenvalue weighted by atomic mass is 16.4. The topological polar surface area (TPSA) is 110 Å². The van der Waals surface area contributed by atoms with Crippen molar-refractivity contribution in [2.45, 2.75) is 26.4 Å². The number of nitrogens with zero attached hydrogens (tertiary/aromatic N) is 4. The van der Waals surface area contributed by atoms with Gasteiger partial charge in [0.25, 0.3) is 0 Å². The molecule has 0 aromatic carbocycles. The number of hydrogen-bond acceptors (Lipinski definition) is 5. The third-order valence-corrected chi connectivity index (χ3v) is 1.95. The fraction of sp³-hybridized carbons (Fsp3) is 0.625. The van der Waals surface area contributed by atoms with Crippen LogP contribution in [0.25, 0.3) is 0 Å². The molecule has 8 heteroatoms. The van der Waals surface area contributed by atoms with E-state index in [0.29, 0.717) is 0 Å². The number of carbonyl (C=O) groups is 2. The average molecular weight is 227 g/mol. The molecule has 0 fully saturated rings. The molecule has 8 nitrogen and oxygen atoms in total. The number of nitrogens with one attached hydrogen (secondary N) is 1. The van der Waals surface area contributed by atoms with Crippen molar-refractivity contribution < 1.29 is 14.7 Å². The Balaban J connectivity index is 2.52. The Morgan fingerprint density at radius 2 is 2.19 bits per heavy atom. The number of amides is 1. The Kier molecular flexibility index (Phi) is 3.92. The highest BCUT2D eigenvalue weighted by molar-refractivity contribution is 5.83. The molecule has 0 bridgehead atoms. The van der Waals surface area contributed by atoms with E-state index in [9.17, 15) is 9.59 Å². The summed E-state index contributed by atoms with van der Waals surface area (Å²) in [4.78, 5) is 22.3. The van der Waals surface area contributed by atoms with Crippen molar-refractivity contribution in [3.8, 4) is 0 Å². The number of carboxylic acids is 1. The van der Waals surface area contributed by atoms with Crippen LogP contribution in [0, 0.1) is 5.92 Å². The second-order valence-corrected chi connectivity index (χ2v) is 3.63. The maximum atomic E-state index is 11.4. The van der Waals surface area contributed by atoms with Crippen LogP contribution < -0.4 is 5.32 Å². The molecule has 1 amide bonds. The summed E-state index contributed by atoms with van der Waals surface area (Å²) in [5.41, 5.74) is 0. The Labute approximate surface area is 91.6 Å². The van der Waals surface area contributed by atoms with Gasteiger partial charge in [-0.25, -0.2) is 9.48 Å². The standard InChI is InChI=1S/C8H13N5O3/c1-5(2)7(8(15)16)10-6(14)3-13-4-9-11-12-13/h4-5,7H,3H2,1-2H3,(H,10,14)(H,15,16)/t7-/m0/s1. The molecule has 0 saturated heterocycles. The van der Waals surface area contributed by atoms with Gasteiger partial charge in [-0.1, -0.05) is 13.8 Å². The second kappa shape index (κ2) is 5.19. The third-order valence-electron chi connectivity index (χ3n) is 1.95. The van der Waals surface area contributed by atoms with Gasteiger partial charge in [-0.15, -0.1) is 5.10 Å². The molecule has 2 N–H and O–H groups in total. The summed E-state index contributed by atoms with van der Waals surface area (Å²) in [6, 6.07) is -0.899. The Morgan fingerprint density at radius 3 is 2.62 bits per heavy atom. The number of carbonyl (C=O) groups excluding carboxylic acids is 1. The molecule has 1 aromatic heterocycles. The highest BCUT2D eigenvalue weighted by Gasteiger charge is 2.23. The molecular weight excluding hydrogens is 214 g/mol. The lowest BCUT2D eigenvalue weighted by Crippen LogP contribution is -2.45. The van der Waals surface area contributed by atoms with Crippen molar-refractivity contribution in [2.24, 2.45) is 5.92 Å². The number of hydrogen-bond donors (Lipinski definition) is 2. The number of aromatic nitrogens is 4. The van der Waals surface area contributed by atoms with Crippen molar-refractivity contribution in [3.63, 3.8) is 0 Å². The van der Waals surface area contributed by atoms with Crippen LogP contribution >= 0.6 is 0 Å². The van der Waals surface area contributed by atoms with Gasteiger partial charge in [0.1, 0.15) is 18.9 Å². The number of rotatable bonds is 5. The van der Waals surface area contributed by atoms with Crippen LogP contribution in [0.4, 0.5) is 0 Å². The van der Waals surface area contributed by atoms with E-state index < -0.39 is 17.9 Å². The van der Waals surface area contributed by atoms with Gasteiger partial charge in [-0.3, -0.25) is 4.79 Å². The Morgan fingerprint density at radius 1 is 1.50 bits per heavy atom. The average Bonchev–Trinajstić information content (AvgIpc) is 2.65.